The predicted molar refractivity (Wildman–Crippen MR) is 68.6 cm³/mol. The minimum atomic E-state index is -1.16. The SMILES string of the molecule is CCOC(=O)C(C=CC(=O)O)=COc1ccccc1. The van der Waals surface area contributed by atoms with Crippen LogP contribution < -0.4 is 4.74 Å². The first-order valence-corrected chi connectivity index (χ1v) is 5.63. The van der Waals surface area contributed by atoms with E-state index in [4.69, 9.17) is 14.6 Å². The number of ether oxygens (including phenoxy) is 2. The number of benzene rings is 1. The van der Waals surface area contributed by atoms with Crippen LogP contribution in [-0.2, 0) is 14.3 Å². The summed E-state index contributed by atoms with van der Waals surface area (Å²) in [6, 6.07) is 8.80. The molecule has 0 atom stereocenters. The Kier molecular flexibility index (Phi) is 5.88. The van der Waals surface area contributed by atoms with Crippen LogP contribution in [0.5, 0.6) is 5.75 Å². The van der Waals surface area contributed by atoms with E-state index in [0.717, 1.165) is 18.4 Å². The summed E-state index contributed by atoms with van der Waals surface area (Å²) < 4.78 is 10.1. The summed E-state index contributed by atoms with van der Waals surface area (Å²) >= 11 is 0. The molecule has 0 aromatic heterocycles. The molecule has 0 unspecified atom stereocenters. The van der Waals surface area contributed by atoms with Crippen molar-refractivity contribution in [1.29, 1.82) is 0 Å². The van der Waals surface area contributed by atoms with Crippen molar-refractivity contribution in [2.75, 3.05) is 6.61 Å². The zero-order valence-electron chi connectivity index (χ0n) is 10.4. The van der Waals surface area contributed by atoms with Gasteiger partial charge in [-0.1, -0.05) is 18.2 Å². The maximum absolute atomic E-state index is 11.6. The van der Waals surface area contributed by atoms with E-state index in [1.807, 2.05) is 6.07 Å². The van der Waals surface area contributed by atoms with Crippen molar-refractivity contribution in [3.8, 4) is 5.75 Å². The minimum absolute atomic E-state index is 0.0214. The molecule has 0 saturated carbocycles. The zero-order valence-corrected chi connectivity index (χ0v) is 10.4. The lowest BCUT2D eigenvalue weighted by Gasteiger charge is -2.04. The first-order valence-electron chi connectivity index (χ1n) is 5.63. The number of rotatable bonds is 6. The molecular formula is C14H14O5. The molecule has 0 aliphatic heterocycles. The maximum Gasteiger partial charge on any atom is 0.341 e. The van der Waals surface area contributed by atoms with Gasteiger partial charge in [0.25, 0.3) is 0 Å². The number of aliphatic carboxylic acids is 1. The molecule has 0 radical (unpaired) electrons. The Labute approximate surface area is 110 Å². The fraction of sp³-hybridized carbons (Fsp3) is 0.143. The van der Waals surface area contributed by atoms with E-state index in [1.54, 1.807) is 31.2 Å². The Balaban J connectivity index is 2.83. The van der Waals surface area contributed by atoms with Gasteiger partial charge < -0.3 is 14.6 Å². The highest BCUT2D eigenvalue weighted by Gasteiger charge is 2.08. The molecule has 0 saturated heterocycles. The molecule has 0 amide bonds. The van der Waals surface area contributed by atoms with Crippen LogP contribution in [0.4, 0.5) is 0 Å². The number of para-hydroxylation sites is 1. The predicted octanol–water partition coefficient (Wildman–Crippen LogP) is 2.15. The van der Waals surface area contributed by atoms with E-state index in [9.17, 15) is 9.59 Å². The Morgan fingerprint density at radius 1 is 1.21 bits per heavy atom. The summed E-state index contributed by atoms with van der Waals surface area (Å²) in [4.78, 5) is 22.0. The molecule has 0 aliphatic rings. The second-order valence-corrected chi connectivity index (χ2v) is 3.40. The Hall–Kier alpha value is -2.56. The van der Waals surface area contributed by atoms with Crippen molar-refractivity contribution >= 4 is 11.9 Å². The lowest BCUT2D eigenvalue weighted by atomic mass is 10.2. The van der Waals surface area contributed by atoms with Gasteiger partial charge in [-0.05, 0) is 25.1 Å². The quantitative estimate of drug-likeness (QED) is 0.368. The number of carboxylic acid groups (broad SMARTS) is 1. The van der Waals surface area contributed by atoms with Gasteiger partial charge in [-0.25, -0.2) is 9.59 Å². The van der Waals surface area contributed by atoms with Crippen molar-refractivity contribution < 1.29 is 24.2 Å². The minimum Gasteiger partial charge on any atom is -0.478 e. The third-order valence-corrected chi connectivity index (χ3v) is 1.98. The Morgan fingerprint density at radius 2 is 1.89 bits per heavy atom. The number of hydrogen-bond donors (Lipinski definition) is 1. The summed E-state index contributed by atoms with van der Waals surface area (Å²) in [7, 11) is 0. The lowest BCUT2D eigenvalue weighted by molar-refractivity contribution is -0.138. The van der Waals surface area contributed by atoms with Crippen LogP contribution in [0, 0.1) is 0 Å². The van der Waals surface area contributed by atoms with Gasteiger partial charge in [-0.15, -0.1) is 0 Å². The maximum atomic E-state index is 11.6. The summed E-state index contributed by atoms with van der Waals surface area (Å²) in [5.41, 5.74) is 0.0214. The second-order valence-electron chi connectivity index (χ2n) is 3.40. The number of carbonyl (C=O) groups is 2. The van der Waals surface area contributed by atoms with Gasteiger partial charge in [0.05, 0.1) is 12.2 Å². The summed E-state index contributed by atoms with van der Waals surface area (Å²) in [6.45, 7) is 1.86. The third-order valence-electron chi connectivity index (χ3n) is 1.98. The van der Waals surface area contributed by atoms with Gasteiger partial charge in [-0.3, -0.25) is 0 Å². The highest BCUT2D eigenvalue weighted by Crippen LogP contribution is 2.11. The molecule has 0 heterocycles. The van der Waals surface area contributed by atoms with Crippen molar-refractivity contribution in [3.63, 3.8) is 0 Å². The molecule has 1 rings (SSSR count). The third kappa shape index (κ3) is 5.54. The normalized spacial score (nSPS) is 11.3. The highest BCUT2D eigenvalue weighted by molar-refractivity contribution is 5.93. The van der Waals surface area contributed by atoms with Crippen LogP contribution in [0.25, 0.3) is 0 Å². The Morgan fingerprint density at radius 3 is 2.47 bits per heavy atom. The molecule has 0 fully saturated rings. The van der Waals surface area contributed by atoms with E-state index in [-0.39, 0.29) is 12.2 Å². The number of hydrogen-bond acceptors (Lipinski definition) is 4. The molecule has 5 nitrogen and oxygen atoms in total. The van der Waals surface area contributed by atoms with Crippen LogP contribution in [0.2, 0.25) is 0 Å². The van der Waals surface area contributed by atoms with Crippen LogP contribution >= 0.6 is 0 Å². The monoisotopic (exact) mass is 262 g/mol. The smallest absolute Gasteiger partial charge is 0.341 e. The second kappa shape index (κ2) is 7.71. The van der Waals surface area contributed by atoms with Gasteiger partial charge >= 0.3 is 11.9 Å². The standard InChI is InChI=1S/C14H14O5/c1-2-18-14(17)11(8-9-13(15)16)10-19-12-6-4-3-5-7-12/h3-10H,2H2,1H3,(H,15,16). The summed E-state index contributed by atoms with van der Waals surface area (Å²) in [5, 5.41) is 8.55. The highest BCUT2D eigenvalue weighted by atomic mass is 16.5. The van der Waals surface area contributed by atoms with E-state index < -0.39 is 11.9 Å². The van der Waals surface area contributed by atoms with E-state index in [0.29, 0.717) is 5.75 Å². The van der Waals surface area contributed by atoms with E-state index in [2.05, 4.69) is 0 Å². The number of carboxylic acids is 1. The molecule has 0 bridgehead atoms. The van der Waals surface area contributed by atoms with E-state index >= 15 is 0 Å². The molecule has 1 aromatic carbocycles. The van der Waals surface area contributed by atoms with Gasteiger partial charge in [0.2, 0.25) is 0 Å². The molecule has 1 N–H and O–H groups in total. The zero-order chi connectivity index (χ0) is 14.1. The molecule has 0 spiro atoms. The van der Waals surface area contributed by atoms with Crippen LogP contribution in [0.3, 0.4) is 0 Å². The number of esters is 1. The average Bonchev–Trinajstić information content (AvgIpc) is 2.40. The average molecular weight is 262 g/mol. The van der Waals surface area contributed by atoms with Gasteiger partial charge in [0, 0.05) is 6.08 Å². The topological polar surface area (TPSA) is 72.8 Å². The molecule has 1 aromatic rings. The molecule has 0 aliphatic carbocycles. The largest absolute Gasteiger partial charge is 0.478 e. The van der Waals surface area contributed by atoms with Gasteiger partial charge in [0.15, 0.2) is 0 Å². The molecule has 19 heavy (non-hydrogen) atoms. The molecular weight excluding hydrogens is 248 g/mol. The first kappa shape index (κ1) is 14.5. The fourth-order valence-electron chi connectivity index (χ4n) is 1.16. The van der Waals surface area contributed by atoms with Crippen molar-refractivity contribution in [2.45, 2.75) is 6.92 Å². The molecule has 100 valence electrons. The lowest BCUT2D eigenvalue weighted by Crippen LogP contribution is -2.07. The van der Waals surface area contributed by atoms with Crippen LogP contribution in [0.15, 0.2) is 54.3 Å². The first-order chi connectivity index (χ1) is 9.13. The van der Waals surface area contributed by atoms with Gasteiger partial charge in [0.1, 0.15) is 12.0 Å². The van der Waals surface area contributed by atoms with E-state index in [1.165, 1.54) is 0 Å². The van der Waals surface area contributed by atoms with Crippen molar-refractivity contribution in [3.05, 3.63) is 54.3 Å². The van der Waals surface area contributed by atoms with Gasteiger partial charge in [-0.2, -0.15) is 0 Å². The van der Waals surface area contributed by atoms with Crippen molar-refractivity contribution in [2.24, 2.45) is 0 Å². The number of carbonyl (C=O) groups excluding carboxylic acids is 1. The fourth-order valence-corrected chi connectivity index (χ4v) is 1.16. The van der Waals surface area contributed by atoms with Crippen LogP contribution in [0.1, 0.15) is 6.92 Å². The van der Waals surface area contributed by atoms with Crippen molar-refractivity contribution in [1.82, 2.24) is 0 Å². The molecule has 5 heteroatoms. The van der Waals surface area contributed by atoms with Crippen LogP contribution in [-0.4, -0.2) is 23.7 Å². The summed E-state index contributed by atoms with van der Waals surface area (Å²) in [6.07, 6.45) is 3.13. The Bertz CT molecular complexity index is 488. The summed E-state index contributed by atoms with van der Waals surface area (Å²) in [5.74, 6) is -1.26.